The van der Waals surface area contributed by atoms with E-state index in [4.69, 9.17) is 19.5 Å². The van der Waals surface area contributed by atoms with Crippen LogP contribution in [0.2, 0.25) is 0 Å². The van der Waals surface area contributed by atoms with Crippen LogP contribution >= 0.6 is 46.6 Å². The minimum absolute atomic E-state index is 0.0696. The fourth-order valence-electron chi connectivity index (χ4n) is 8.23. The molecule has 2 unspecified atom stereocenters. The molecule has 2 saturated heterocycles. The van der Waals surface area contributed by atoms with E-state index in [0.717, 1.165) is 39.2 Å². The van der Waals surface area contributed by atoms with Crippen LogP contribution in [0.25, 0.3) is 0 Å². The smallest absolute Gasteiger partial charge is 0.413 e. The molecule has 3 amide bonds. The van der Waals surface area contributed by atoms with Gasteiger partial charge in [0.1, 0.15) is 21.7 Å². The van der Waals surface area contributed by atoms with Gasteiger partial charge in [0.15, 0.2) is 21.7 Å². The molecule has 2 aromatic heterocycles. The molecule has 3 atom stereocenters. The number of oxime groups is 1. The van der Waals surface area contributed by atoms with E-state index in [1.54, 1.807) is 49.0 Å². The van der Waals surface area contributed by atoms with Gasteiger partial charge in [-0.1, -0.05) is 174 Å². The maximum Gasteiger partial charge on any atom is 0.413 e. The van der Waals surface area contributed by atoms with Crippen molar-refractivity contribution in [1.29, 1.82) is 0 Å². The number of rotatable bonds is 17. The second-order valence-electron chi connectivity index (χ2n) is 17.8. The van der Waals surface area contributed by atoms with E-state index >= 15 is 9.59 Å². The first-order valence-electron chi connectivity index (χ1n) is 22.9. The van der Waals surface area contributed by atoms with Gasteiger partial charge in [-0.05, 0) is 31.9 Å². The molecule has 2 N–H and O–H groups in total. The number of ether oxygens (including phenoxy) is 2. The Balaban J connectivity index is 1.15. The number of hydrogen-bond donors (Lipinski definition) is 2. The summed E-state index contributed by atoms with van der Waals surface area (Å²) in [5.74, 6) is -1.52. The van der Waals surface area contributed by atoms with Gasteiger partial charge in [0, 0.05) is 34.2 Å². The molecule has 72 heavy (non-hydrogen) atoms. The topological polar surface area (TPSA) is 179 Å². The number of carbonyl (C=O) groups excluding carboxylic acids is 4. The van der Waals surface area contributed by atoms with Crippen LogP contribution < -0.4 is 10.6 Å². The van der Waals surface area contributed by atoms with Crippen molar-refractivity contribution in [2.75, 3.05) is 16.9 Å². The Labute approximate surface area is 433 Å². The molecule has 5 aromatic carbocycles. The van der Waals surface area contributed by atoms with E-state index in [1.165, 1.54) is 35.3 Å². The van der Waals surface area contributed by atoms with Crippen molar-refractivity contribution in [2.45, 2.75) is 65.0 Å². The number of amides is 3. The van der Waals surface area contributed by atoms with Crippen LogP contribution in [-0.4, -0.2) is 87.2 Å². The van der Waals surface area contributed by atoms with Crippen LogP contribution in [0.15, 0.2) is 173 Å². The highest BCUT2D eigenvalue weighted by atomic mass is 32.2. The molecule has 0 saturated carbocycles. The lowest BCUT2D eigenvalue weighted by molar-refractivity contribution is -0.154. The van der Waals surface area contributed by atoms with Gasteiger partial charge in [-0.15, -0.1) is 40.0 Å². The number of aryl methyl sites for hydroxylation is 1. The van der Waals surface area contributed by atoms with Gasteiger partial charge in [-0.25, -0.2) is 9.78 Å². The highest BCUT2D eigenvalue weighted by Gasteiger charge is 2.60. The zero-order chi connectivity index (χ0) is 50.3. The molecule has 2 fully saturated rings. The fraction of sp³-hybridized carbons (Fsp3) is 0.245. The molecule has 19 heteroatoms. The van der Waals surface area contributed by atoms with Gasteiger partial charge in [-0.2, -0.15) is 0 Å². The second kappa shape index (κ2) is 21.8. The molecule has 2 aliphatic rings. The molecule has 0 aliphatic carbocycles. The average molecular weight is 1040 g/mol. The first kappa shape index (κ1) is 50.0. The van der Waals surface area contributed by atoms with Gasteiger partial charge in [0.05, 0.1) is 24.5 Å². The van der Waals surface area contributed by atoms with Crippen molar-refractivity contribution in [3.8, 4) is 0 Å². The number of nitrogens with zero attached hydrogens (tertiary/aromatic N) is 6. The first-order valence-corrected chi connectivity index (χ1v) is 26.7. The highest BCUT2D eigenvalue weighted by Crippen LogP contribution is 2.50. The molecule has 4 heterocycles. The summed E-state index contributed by atoms with van der Waals surface area (Å²) in [5.41, 5.74) is 1.25. The van der Waals surface area contributed by atoms with Crippen molar-refractivity contribution in [3.05, 3.63) is 197 Å². The Bertz CT molecular complexity index is 2900. The lowest BCUT2D eigenvalue weighted by Crippen LogP contribution is -2.70. The fourth-order valence-corrected chi connectivity index (χ4v) is 13.2. The third-order valence-electron chi connectivity index (χ3n) is 11.7. The van der Waals surface area contributed by atoms with Crippen LogP contribution in [0.5, 0.6) is 0 Å². The van der Waals surface area contributed by atoms with Crippen molar-refractivity contribution in [1.82, 2.24) is 30.2 Å². The van der Waals surface area contributed by atoms with E-state index in [1.807, 2.05) is 152 Å². The maximum absolute atomic E-state index is 15.6. The van der Waals surface area contributed by atoms with Crippen LogP contribution in [0.4, 0.5) is 9.93 Å². The summed E-state index contributed by atoms with van der Waals surface area (Å²) < 4.78 is 12.2. The summed E-state index contributed by atoms with van der Waals surface area (Å²) in [5, 5.41) is 20.2. The summed E-state index contributed by atoms with van der Waals surface area (Å²) in [6, 6.07) is 47.6. The molecule has 9 rings (SSSR count). The molecule has 368 valence electrons. The lowest BCUT2D eigenvalue weighted by Gasteiger charge is -2.53. The van der Waals surface area contributed by atoms with Gasteiger partial charge in [-0.3, -0.25) is 24.4 Å². The van der Waals surface area contributed by atoms with Gasteiger partial charge in [0.25, 0.3) is 5.91 Å². The van der Waals surface area contributed by atoms with Crippen molar-refractivity contribution in [2.24, 2.45) is 12.2 Å². The second-order valence-corrected chi connectivity index (χ2v) is 22.6. The number of β-lactam (4-membered cyclic amide) rings is 1. The minimum atomic E-state index is -1.61. The number of thiazole rings is 1. The van der Waals surface area contributed by atoms with E-state index in [-0.39, 0.29) is 45.9 Å². The van der Waals surface area contributed by atoms with Crippen molar-refractivity contribution >= 4 is 81.3 Å². The normalized spacial score (nSPS) is 17.9. The first-order chi connectivity index (χ1) is 34.8. The number of benzene rings is 5. The Hall–Kier alpha value is -6.93. The molecule has 7 aromatic rings. The molecule has 2 aliphatic heterocycles. The maximum atomic E-state index is 15.6. The van der Waals surface area contributed by atoms with E-state index < -0.39 is 45.4 Å². The van der Waals surface area contributed by atoms with Crippen molar-refractivity contribution < 1.29 is 33.5 Å². The third-order valence-corrected chi connectivity index (χ3v) is 16.6. The Morgan fingerprint density at radius 2 is 1.39 bits per heavy atom. The quantitative estimate of drug-likeness (QED) is 0.0168. The summed E-state index contributed by atoms with van der Waals surface area (Å²) in [6.07, 6.45) is 0.404. The molecule has 0 bridgehead atoms. The number of esters is 1. The van der Waals surface area contributed by atoms with Crippen molar-refractivity contribution in [3.63, 3.8) is 0 Å². The van der Waals surface area contributed by atoms with Gasteiger partial charge in [0.2, 0.25) is 11.5 Å². The Kier molecular flexibility index (Phi) is 15.2. The van der Waals surface area contributed by atoms with Gasteiger partial charge < -0.3 is 24.5 Å². The SMILES string of the molecule is Cn1cc(SCSC2(C(=O)OC(c3ccccc3)c3ccccc3)CN3C(=O)C[C@H]3SC2NC(=O)C(=NOC(c2ccccc2)(c2ccccc2)c2ccccc2)c2csc(NC(=O)OC(C)(C)C)n2)nn1. The predicted molar refractivity (Wildman–Crippen MR) is 281 cm³/mol. The molecular formula is C53H50N8O7S4. The van der Waals surface area contributed by atoms with Crippen LogP contribution in [0.3, 0.4) is 0 Å². The minimum Gasteiger partial charge on any atom is -0.451 e. The van der Waals surface area contributed by atoms with E-state index in [0.29, 0.717) is 5.03 Å². The third kappa shape index (κ3) is 11.1. The Morgan fingerprint density at radius 3 is 1.90 bits per heavy atom. The lowest BCUT2D eigenvalue weighted by atomic mass is 9.80. The Morgan fingerprint density at radius 1 is 0.833 bits per heavy atom. The number of fused-ring (bicyclic) bond motifs is 1. The summed E-state index contributed by atoms with van der Waals surface area (Å²) in [6.45, 7) is 5.18. The molecular weight excluding hydrogens is 989 g/mol. The molecule has 0 radical (unpaired) electrons. The summed E-state index contributed by atoms with van der Waals surface area (Å²) >= 11 is 4.96. The monoisotopic (exact) mass is 1040 g/mol. The summed E-state index contributed by atoms with van der Waals surface area (Å²) in [4.78, 5) is 70.8. The number of anilines is 1. The van der Waals surface area contributed by atoms with Crippen LogP contribution in [0.1, 0.15) is 66.8 Å². The predicted octanol–water partition coefficient (Wildman–Crippen LogP) is 9.63. The van der Waals surface area contributed by atoms with Gasteiger partial charge >= 0.3 is 12.1 Å². The molecule has 0 spiro atoms. The number of aromatic nitrogens is 4. The highest BCUT2D eigenvalue weighted by molar-refractivity contribution is 8.17. The number of carbonyl (C=O) groups is 4. The van der Waals surface area contributed by atoms with Crippen LogP contribution in [0, 0.1) is 0 Å². The average Bonchev–Trinajstić information content (AvgIpc) is 4.03. The largest absolute Gasteiger partial charge is 0.451 e. The standard InChI is InChI=1S/C53H50N8O7S4/c1-51(2,3)67-50(65)56-49-54-40(32-69-49)44(58-68-53(37-24-14-7-15-25-37,38-26-16-8-17-27-38)39-28-18-9-19-29-39)46(63)55-47-52(33-61-42(62)30-43(61)72-47,71-34-70-41-31-60(4)59-57-41)48(64)66-45(35-20-10-5-11-21-35)36-22-12-6-13-23-36/h5-29,31-32,43,45,47H,30,33-34H2,1-4H3,(H,55,63)(H,54,56,65)/t43-,47?,52?/m1/s1. The zero-order valence-corrected chi connectivity index (χ0v) is 42.9. The number of thioether (sulfide) groups is 3. The molecule has 15 nitrogen and oxygen atoms in total. The van der Waals surface area contributed by atoms with E-state index in [2.05, 4.69) is 25.9 Å². The van der Waals surface area contributed by atoms with E-state index in [9.17, 15) is 9.59 Å². The summed E-state index contributed by atoms with van der Waals surface area (Å²) in [7, 11) is 1.76. The zero-order valence-electron chi connectivity index (χ0n) is 39.6. The number of hydrogen-bond acceptors (Lipinski definition) is 15. The van der Waals surface area contributed by atoms with Crippen LogP contribution in [-0.2, 0) is 41.3 Å². The number of nitrogens with one attached hydrogen (secondary N) is 2.